The van der Waals surface area contributed by atoms with Crippen molar-refractivity contribution >= 4 is 11.3 Å². The third-order valence-corrected chi connectivity index (χ3v) is 3.32. The van der Waals surface area contributed by atoms with Crippen LogP contribution in [-0.4, -0.2) is 26.6 Å². The molecule has 0 radical (unpaired) electrons. The summed E-state index contributed by atoms with van der Waals surface area (Å²) in [7, 11) is 1.59. The number of rotatable bonds is 5. The summed E-state index contributed by atoms with van der Waals surface area (Å²) in [4.78, 5) is 8.33. The average Bonchev–Trinajstić information content (AvgIpc) is 2.96. The number of nitrogens with zero attached hydrogens (tertiary/aromatic N) is 3. The maximum atomic E-state index is 9.34. The monoisotopic (exact) mass is 284 g/mol. The van der Waals surface area contributed by atoms with E-state index in [4.69, 9.17) is 4.74 Å². The van der Waals surface area contributed by atoms with Gasteiger partial charge in [-0.25, -0.2) is 4.98 Å². The molecule has 0 aliphatic carbocycles. The third-order valence-electron chi connectivity index (χ3n) is 3.32. The van der Waals surface area contributed by atoms with E-state index in [9.17, 15) is 5.11 Å². The van der Waals surface area contributed by atoms with Gasteiger partial charge in [-0.1, -0.05) is 0 Å². The molecule has 0 saturated heterocycles. The van der Waals surface area contributed by atoms with Crippen LogP contribution in [0.4, 0.5) is 5.69 Å². The molecular formula is C15H16N4O2. The first-order chi connectivity index (χ1) is 10.3. The van der Waals surface area contributed by atoms with Crippen molar-refractivity contribution in [3.05, 3.63) is 54.2 Å². The predicted molar refractivity (Wildman–Crippen MR) is 79.2 cm³/mol. The molecule has 0 amide bonds. The van der Waals surface area contributed by atoms with Crippen LogP contribution in [0.5, 0.6) is 5.75 Å². The van der Waals surface area contributed by atoms with Gasteiger partial charge in [-0.3, -0.25) is 9.38 Å². The van der Waals surface area contributed by atoms with E-state index in [2.05, 4.69) is 15.3 Å². The number of ether oxygens (including phenoxy) is 1. The normalized spacial score (nSPS) is 10.8. The van der Waals surface area contributed by atoms with Crippen LogP contribution < -0.4 is 10.1 Å². The predicted octanol–water partition coefficient (Wildman–Crippen LogP) is 1.84. The standard InChI is InChI=1S/C15H16N4O2/c1-21-14-3-2-12(6-11(14)10-20)17-7-13-8-18-15-9-16-4-5-19(13)15/h2-6,8-9,17,20H,7,10H2,1H3. The minimum atomic E-state index is -0.0556. The van der Waals surface area contributed by atoms with Gasteiger partial charge in [-0.15, -0.1) is 0 Å². The summed E-state index contributed by atoms with van der Waals surface area (Å²) >= 11 is 0. The first kappa shape index (κ1) is 13.4. The van der Waals surface area contributed by atoms with Gasteiger partial charge in [0.25, 0.3) is 0 Å². The zero-order valence-electron chi connectivity index (χ0n) is 11.7. The van der Waals surface area contributed by atoms with Crippen molar-refractivity contribution in [3.63, 3.8) is 0 Å². The lowest BCUT2D eigenvalue weighted by Crippen LogP contribution is -2.03. The summed E-state index contributed by atoms with van der Waals surface area (Å²) in [6.45, 7) is 0.572. The van der Waals surface area contributed by atoms with Crippen molar-refractivity contribution in [2.75, 3.05) is 12.4 Å². The van der Waals surface area contributed by atoms with Gasteiger partial charge < -0.3 is 15.2 Å². The van der Waals surface area contributed by atoms with Crippen molar-refractivity contribution in [2.24, 2.45) is 0 Å². The largest absolute Gasteiger partial charge is 0.496 e. The van der Waals surface area contributed by atoms with Crippen molar-refractivity contribution in [1.29, 1.82) is 0 Å². The van der Waals surface area contributed by atoms with E-state index in [-0.39, 0.29) is 6.61 Å². The number of aliphatic hydroxyl groups excluding tert-OH is 1. The molecule has 2 heterocycles. The van der Waals surface area contributed by atoms with E-state index in [0.717, 1.165) is 22.6 Å². The second-order valence-electron chi connectivity index (χ2n) is 4.59. The number of hydrogen-bond acceptors (Lipinski definition) is 5. The summed E-state index contributed by atoms with van der Waals surface area (Å²) in [5, 5.41) is 12.7. The molecule has 2 N–H and O–H groups in total. The number of anilines is 1. The molecule has 6 heteroatoms. The number of imidazole rings is 1. The van der Waals surface area contributed by atoms with Crippen molar-refractivity contribution in [2.45, 2.75) is 13.2 Å². The Morgan fingerprint density at radius 2 is 2.24 bits per heavy atom. The first-order valence-corrected chi connectivity index (χ1v) is 6.59. The molecule has 0 aliphatic rings. The van der Waals surface area contributed by atoms with Crippen molar-refractivity contribution in [3.8, 4) is 5.75 Å². The van der Waals surface area contributed by atoms with E-state index in [1.165, 1.54) is 0 Å². The number of aliphatic hydroxyl groups is 1. The zero-order chi connectivity index (χ0) is 14.7. The fourth-order valence-corrected chi connectivity index (χ4v) is 2.23. The molecule has 21 heavy (non-hydrogen) atoms. The molecule has 0 unspecified atom stereocenters. The van der Waals surface area contributed by atoms with Crippen LogP contribution in [0.3, 0.4) is 0 Å². The first-order valence-electron chi connectivity index (χ1n) is 6.59. The number of methoxy groups -OCH3 is 1. The summed E-state index contributed by atoms with van der Waals surface area (Å²) in [6.07, 6.45) is 7.16. The molecule has 3 rings (SSSR count). The molecule has 0 aliphatic heterocycles. The van der Waals surface area contributed by atoms with Crippen LogP contribution in [0.15, 0.2) is 43.0 Å². The zero-order valence-corrected chi connectivity index (χ0v) is 11.7. The SMILES string of the molecule is COc1ccc(NCc2cnc3cnccn23)cc1CO. The Balaban J connectivity index is 1.78. The number of nitrogens with one attached hydrogen (secondary N) is 1. The molecule has 3 aromatic rings. The van der Waals surface area contributed by atoms with Gasteiger partial charge in [-0.05, 0) is 18.2 Å². The summed E-state index contributed by atoms with van der Waals surface area (Å²) in [5.41, 5.74) is 3.53. The van der Waals surface area contributed by atoms with Gasteiger partial charge >= 0.3 is 0 Å². The van der Waals surface area contributed by atoms with Crippen LogP contribution in [0.1, 0.15) is 11.3 Å². The van der Waals surface area contributed by atoms with Gasteiger partial charge in [0.15, 0.2) is 5.65 Å². The van der Waals surface area contributed by atoms with E-state index >= 15 is 0 Å². The second kappa shape index (κ2) is 5.80. The van der Waals surface area contributed by atoms with Crippen molar-refractivity contribution < 1.29 is 9.84 Å². The third kappa shape index (κ3) is 2.66. The van der Waals surface area contributed by atoms with Crippen LogP contribution >= 0.6 is 0 Å². The maximum Gasteiger partial charge on any atom is 0.155 e. The summed E-state index contributed by atoms with van der Waals surface area (Å²) in [6, 6.07) is 5.64. The highest BCUT2D eigenvalue weighted by molar-refractivity contribution is 5.51. The average molecular weight is 284 g/mol. The molecule has 0 saturated carbocycles. The van der Waals surface area contributed by atoms with Crippen LogP contribution in [-0.2, 0) is 13.2 Å². The Morgan fingerprint density at radius 3 is 3.05 bits per heavy atom. The smallest absolute Gasteiger partial charge is 0.155 e. The van der Waals surface area contributed by atoms with E-state index in [1.807, 2.05) is 35.0 Å². The highest BCUT2D eigenvalue weighted by Crippen LogP contribution is 2.23. The molecule has 0 fully saturated rings. The second-order valence-corrected chi connectivity index (χ2v) is 4.59. The Kier molecular flexibility index (Phi) is 3.70. The van der Waals surface area contributed by atoms with Crippen molar-refractivity contribution in [1.82, 2.24) is 14.4 Å². The fourth-order valence-electron chi connectivity index (χ4n) is 2.23. The van der Waals surface area contributed by atoms with Gasteiger partial charge in [0.2, 0.25) is 0 Å². The van der Waals surface area contributed by atoms with Gasteiger partial charge in [0.05, 0.1) is 38.3 Å². The number of benzene rings is 1. The van der Waals surface area contributed by atoms with Gasteiger partial charge in [0, 0.05) is 23.6 Å². The summed E-state index contributed by atoms with van der Waals surface area (Å²) < 4.78 is 7.17. The van der Waals surface area contributed by atoms with Crippen LogP contribution in [0.25, 0.3) is 5.65 Å². The summed E-state index contributed by atoms with van der Waals surface area (Å²) in [5.74, 6) is 0.684. The lowest BCUT2D eigenvalue weighted by Gasteiger charge is -2.10. The lowest BCUT2D eigenvalue weighted by molar-refractivity contribution is 0.274. The Hall–Kier alpha value is -2.60. The number of aromatic nitrogens is 3. The fraction of sp³-hybridized carbons (Fsp3) is 0.200. The number of fused-ring (bicyclic) bond motifs is 1. The van der Waals surface area contributed by atoms with Gasteiger partial charge in [-0.2, -0.15) is 0 Å². The van der Waals surface area contributed by atoms with Crippen LogP contribution in [0, 0.1) is 0 Å². The van der Waals surface area contributed by atoms with E-state index < -0.39 is 0 Å². The number of hydrogen-bond donors (Lipinski definition) is 2. The van der Waals surface area contributed by atoms with E-state index in [1.54, 1.807) is 19.5 Å². The molecule has 1 aromatic carbocycles. The van der Waals surface area contributed by atoms with Gasteiger partial charge in [0.1, 0.15) is 5.75 Å². The molecule has 108 valence electrons. The maximum absolute atomic E-state index is 9.34. The Labute approximate surface area is 122 Å². The quantitative estimate of drug-likeness (QED) is 0.748. The molecule has 0 bridgehead atoms. The minimum absolute atomic E-state index is 0.0556. The highest BCUT2D eigenvalue weighted by Gasteiger charge is 2.05. The topological polar surface area (TPSA) is 71.7 Å². The molecule has 0 atom stereocenters. The molecule has 0 spiro atoms. The van der Waals surface area contributed by atoms with E-state index in [0.29, 0.717) is 12.3 Å². The molecule has 2 aromatic heterocycles. The Bertz CT molecular complexity index is 754. The Morgan fingerprint density at radius 1 is 1.33 bits per heavy atom. The molecular weight excluding hydrogens is 268 g/mol. The van der Waals surface area contributed by atoms with Crippen LogP contribution in [0.2, 0.25) is 0 Å². The highest BCUT2D eigenvalue weighted by atomic mass is 16.5. The lowest BCUT2D eigenvalue weighted by atomic mass is 10.2. The minimum Gasteiger partial charge on any atom is -0.496 e. The molecule has 6 nitrogen and oxygen atoms in total.